The van der Waals surface area contributed by atoms with E-state index < -0.39 is 0 Å². The molecule has 7 nitrogen and oxygen atoms in total. The molecule has 4 N–H and O–H groups in total. The van der Waals surface area contributed by atoms with Gasteiger partial charge in [0.15, 0.2) is 12.4 Å². The number of aromatic nitrogens is 3. The number of rotatable bonds is 3. The largest absolute Gasteiger partial charge is 0.454 e. The monoisotopic (exact) mass is 319 g/mol. The number of hydrogen-bond acceptors (Lipinski definition) is 8. The number of fused-ring (bicyclic) bond motifs is 1. The molecule has 8 heteroatoms. The van der Waals surface area contributed by atoms with Crippen molar-refractivity contribution in [2.75, 3.05) is 11.5 Å². The first kappa shape index (κ1) is 14.7. The molecule has 22 heavy (non-hydrogen) atoms. The van der Waals surface area contributed by atoms with E-state index in [4.69, 9.17) is 16.2 Å². The highest BCUT2D eigenvalue weighted by molar-refractivity contribution is 7.10. The first-order valence-electron chi connectivity index (χ1n) is 7.05. The standard InChI is InChI=1S/C14H17N5O2S/c1-7-2-3-8-9(6-22-10(8)4-7)12(20)21-5-11-17-13(15)19-14(16)18-11/h6-7H,2-5H2,1H3,(H4,15,16,17,18,19)/t7-/m1/s1. The van der Waals surface area contributed by atoms with Crippen LogP contribution in [0.5, 0.6) is 0 Å². The lowest BCUT2D eigenvalue weighted by molar-refractivity contribution is 0.0461. The summed E-state index contributed by atoms with van der Waals surface area (Å²) < 4.78 is 5.28. The molecular weight excluding hydrogens is 302 g/mol. The van der Waals surface area contributed by atoms with Crippen LogP contribution in [-0.4, -0.2) is 20.9 Å². The summed E-state index contributed by atoms with van der Waals surface area (Å²) in [5.41, 5.74) is 12.7. The van der Waals surface area contributed by atoms with Crippen molar-refractivity contribution in [3.8, 4) is 0 Å². The second-order valence-corrected chi connectivity index (χ2v) is 6.41. The normalized spacial score (nSPS) is 17.0. The molecule has 1 aliphatic carbocycles. The van der Waals surface area contributed by atoms with E-state index in [0.717, 1.165) is 24.8 Å². The first-order chi connectivity index (χ1) is 10.5. The van der Waals surface area contributed by atoms with Crippen molar-refractivity contribution >= 4 is 29.2 Å². The molecule has 2 aromatic heterocycles. The van der Waals surface area contributed by atoms with Gasteiger partial charge in [0, 0.05) is 10.3 Å². The van der Waals surface area contributed by atoms with Gasteiger partial charge in [0.1, 0.15) is 0 Å². The quantitative estimate of drug-likeness (QED) is 0.825. The number of esters is 1. The minimum absolute atomic E-state index is 0.0143. The van der Waals surface area contributed by atoms with E-state index in [1.54, 1.807) is 11.3 Å². The minimum Gasteiger partial charge on any atom is -0.454 e. The number of anilines is 2. The topological polar surface area (TPSA) is 117 Å². The van der Waals surface area contributed by atoms with E-state index in [-0.39, 0.29) is 30.3 Å². The Morgan fingerprint density at radius 2 is 2.09 bits per heavy atom. The van der Waals surface area contributed by atoms with Crippen molar-refractivity contribution in [1.82, 2.24) is 15.0 Å². The third kappa shape index (κ3) is 3.01. The Kier molecular flexibility index (Phi) is 3.93. The minimum atomic E-state index is -0.357. The third-order valence-electron chi connectivity index (χ3n) is 3.67. The van der Waals surface area contributed by atoms with Crippen molar-refractivity contribution in [1.29, 1.82) is 0 Å². The Morgan fingerprint density at radius 1 is 1.36 bits per heavy atom. The van der Waals surface area contributed by atoms with Crippen LogP contribution in [0.3, 0.4) is 0 Å². The highest BCUT2D eigenvalue weighted by atomic mass is 32.1. The molecule has 0 amide bonds. The number of carbonyl (C=O) groups is 1. The average Bonchev–Trinajstić information content (AvgIpc) is 2.86. The fraction of sp³-hybridized carbons (Fsp3) is 0.429. The van der Waals surface area contributed by atoms with Gasteiger partial charge in [0.25, 0.3) is 0 Å². The lowest BCUT2D eigenvalue weighted by Crippen LogP contribution is -2.14. The van der Waals surface area contributed by atoms with Crippen LogP contribution in [0.25, 0.3) is 0 Å². The van der Waals surface area contributed by atoms with E-state index in [0.29, 0.717) is 11.5 Å². The predicted molar refractivity (Wildman–Crippen MR) is 83.3 cm³/mol. The molecule has 0 aromatic carbocycles. The molecule has 1 atom stereocenters. The maximum absolute atomic E-state index is 12.3. The number of nitrogens with zero attached hydrogens (tertiary/aromatic N) is 3. The molecule has 0 fully saturated rings. The summed E-state index contributed by atoms with van der Waals surface area (Å²) in [6.07, 6.45) is 3.06. The highest BCUT2D eigenvalue weighted by Gasteiger charge is 2.24. The van der Waals surface area contributed by atoms with Crippen LogP contribution >= 0.6 is 11.3 Å². The summed E-state index contributed by atoms with van der Waals surface area (Å²) in [5, 5.41) is 1.88. The number of nitrogens with two attached hydrogens (primary N) is 2. The van der Waals surface area contributed by atoms with E-state index in [2.05, 4.69) is 21.9 Å². The zero-order valence-corrected chi connectivity index (χ0v) is 13.0. The van der Waals surface area contributed by atoms with Crippen LogP contribution in [0.1, 0.15) is 40.0 Å². The van der Waals surface area contributed by atoms with Crippen molar-refractivity contribution in [3.63, 3.8) is 0 Å². The van der Waals surface area contributed by atoms with Gasteiger partial charge in [-0.2, -0.15) is 15.0 Å². The zero-order valence-electron chi connectivity index (χ0n) is 12.2. The highest BCUT2D eigenvalue weighted by Crippen LogP contribution is 2.33. The molecule has 0 saturated heterocycles. The van der Waals surface area contributed by atoms with Gasteiger partial charge in [-0.3, -0.25) is 0 Å². The number of nitrogen functional groups attached to an aromatic ring is 2. The van der Waals surface area contributed by atoms with Gasteiger partial charge in [0.05, 0.1) is 5.56 Å². The predicted octanol–water partition coefficient (Wildman–Crippen LogP) is 1.58. The summed E-state index contributed by atoms with van der Waals surface area (Å²) in [6, 6.07) is 0. The molecule has 0 aliphatic heterocycles. The van der Waals surface area contributed by atoms with Crippen LogP contribution in [0.2, 0.25) is 0 Å². The van der Waals surface area contributed by atoms with Gasteiger partial charge in [-0.1, -0.05) is 6.92 Å². The van der Waals surface area contributed by atoms with Gasteiger partial charge in [-0.15, -0.1) is 11.3 Å². The molecule has 0 spiro atoms. The van der Waals surface area contributed by atoms with E-state index in [1.165, 1.54) is 4.88 Å². The summed E-state index contributed by atoms with van der Waals surface area (Å²) in [6.45, 7) is 2.16. The second kappa shape index (κ2) is 5.88. The van der Waals surface area contributed by atoms with E-state index >= 15 is 0 Å². The molecule has 0 unspecified atom stereocenters. The first-order valence-corrected chi connectivity index (χ1v) is 7.93. The fourth-order valence-corrected chi connectivity index (χ4v) is 3.81. The van der Waals surface area contributed by atoms with Gasteiger partial charge < -0.3 is 16.2 Å². The maximum atomic E-state index is 12.3. The summed E-state index contributed by atoms with van der Waals surface area (Å²) in [7, 11) is 0. The van der Waals surface area contributed by atoms with Crippen molar-refractivity contribution in [2.45, 2.75) is 32.8 Å². The number of hydrogen-bond donors (Lipinski definition) is 2. The lowest BCUT2D eigenvalue weighted by Gasteiger charge is -2.18. The van der Waals surface area contributed by atoms with Gasteiger partial charge in [-0.05, 0) is 30.7 Å². The Balaban J connectivity index is 1.70. The zero-order chi connectivity index (χ0) is 15.7. The Hall–Kier alpha value is -2.22. The van der Waals surface area contributed by atoms with Gasteiger partial charge in [0.2, 0.25) is 11.9 Å². The van der Waals surface area contributed by atoms with Crippen LogP contribution in [0.4, 0.5) is 11.9 Å². The summed E-state index contributed by atoms with van der Waals surface area (Å²) in [4.78, 5) is 25.0. The Labute approximate surface area is 131 Å². The molecule has 2 aromatic rings. The SMILES string of the molecule is C[C@@H]1CCc2c(C(=O)OCc3nc(N)nc(N)n3)csc2C1. The summed E-state index contributed by atoms with van der Waals surface area (Å²) in [5.74, 6) is 0.591. The van der Waals surface area contributed by atoms with Crippen molar-refractivity contribution in [2.24, 2.45) is 5.92 Å². The number of ether oxygens (including phenoxy) is 1. The van der Waals surface area contributed by atoms with Gasteiger partial charge >= 0.3 is 5.97 Å². The molecule has 0 saturated carbocycles. The van der Waals surface area contributed by atoms with E-state index in [1.807, 2.05) is 5.38 Å². The molecular formula is C14H17N5O2S. The second-order valence-electron chi connectivity index (χ2n) is 5.44. The van der Waals surface area contributed by atoms with Gasteiger partial charge in [-0.25, -0.2) is 4.79 Å². The van der Waals surface area contributed by atoms with Crippen LogP contribution in [0, 0.1) is 5.92 Å². The third-order valence-corrected chi connectivity index (χ3v) is 4.72. The van der Waals surface area contributed by atoms with E-state index in [9.17, 15) is 4.79 Å². The van der Waals surface area contributed by atoms with Crippen LogP contribution < -0.4 is 11.5 Å². The average molecular weight is 319 g/mol. The number of thiophene rings is 1. The molecule has 1 aliphatic rings. The Bertz CT molecular complexity index is 695. The molecule has 2 heterocycles. The lowest BCUT2D eigenvalue weighted by atomic mass is 9.88. The summed E-state index contributed by atoms with van der Waals surface area (Å²) >= 11 is 1.63. The van der Waals surface area contributed by atoms with Crippen molar-refractivity contribution in [3.05, 3.63) is 27.2 Å². The molecule has 0 bridgehead atoms. The maximum Gasteiger partial charge on any atom is 0.339 e. The molecule has 3 rings (SSSR count). The van der Waals surface area contributed by atoms with Crippen LogP contribution in [-0.2, 0) is 24.2 Å². The van der Waals surface area contributed by atoms with Crippen LogP contribution in [0.15, 0.2) is 5.38 Å². The Morgan fingerprint density at radius 3 is 2.82 bits per heavy atom. The molecule has 116 valence electrons. The smallest absolute Gasteiger partial charge is 0.339 e. The molecule has 0 radical (unpaired) electrons. The fourth-order valence-electron chi connectivity index (χ4n) is 2.58. The van der Waals surface area contributed by atoms with Crippen molar-refractivity contribution < 1.29 is 9.53 Å². The number of carbonyl (C=O) groups excluding carboxylic acids is 1.